The van der Waals surface area contributed by atoms with Crippen molar-refractivity contribution in [3.8, 4) is 0 Å². The van der Waals surface area contributed by atoms with Gasteiger partial charge >= 0.3 is 0 Å². The van der Waals surface area contributed by atoms with Gasteiger partial charge in [0.15, 0.2) is 0 Å². The van der Waals surface area contributed by atoms with E-state index in [0.717, 1.165) is 19.4 Å². The molecule has 0 spiro atoms. The predicted octanol–water partition coefficient (Wildman–Crippen LogP) is 2.13. The van der Waals surface area contributed by atoms with Crippen LogP contribution in [0.5, 0.6) is 0 Å². The quantitative estimate of drug-likeness (QED) is 0.853. The molecule has 0 aliphatic carbocycles. The molecule has 2 nitrogen and oxygen atoms in total. The van der Waals surface area contributed by atoms with Crippen molar-refractivity contribution in [1.29, 1.82) is 0 Å². The summed E-state index contributed by atoms with van der Waals surface area (Å²) < 4.78 is 13.6. The third-order valence-corrected chi connectivity index (χ3v) is 3.32. The summed E-state index contributed by atoms with van der Waals surface area (Å²) in [6, 6.07) is 4.97. The molecule has 0 aromatic heterocycles. The van der Waals surface area contributed by atoms with E-state index in [1.807, 2.05) is 0 Å². The smallest absolute Gasteiger partial charge is 0.145 e. The van der Waals surface area contributed by atoms with E-state index in [9.17, 15) is 9.50 Å². The van der Waals surface area contributed by atoms with Gasteiger partial charge in [0, 0.05) is 12.5 Å². The zero-order valence-electron chi connectivity index (χ0n) is 8.92. The van der Waals surface area contributed by atoms with E-state index >= 15 is 0 Å². The molecule has 2 atom stereocenters. The average Bonchev–Trinajstić information content (AvgIpc) is 2.78. The van der Waals surface area contributed by atoms with Crippen molar-refractivity contribution in [2.24, 2.45) is 0 Å². The molecule has 1 saturated heterocycles. The number of aliphatic hydroxyl groups excluding tert-OH is 1. The summed E-state index contributed by atoms with van der Waals surface area (Å²) in [5.74, 6) is -0.416. The Balaban J connectivity index is 2.05. The Kier molecular flexibility index (Phi) is 3.79. The van der Waals surface area contributed by atoms with Crippen LogP contribution in [0.15, 0.2) is 18.2 Å². The average molecular weight is 244 g/mol. The van der Waals surface area contributed by atoms with E-state index in [1.165, 1.54) is 6.07 Å². The minimum Gasteiger partial charge on any atom is -0.391 e. The Labute approximate surface area is 99.4 Å². The zero-order valence-corrected chi connectivity index (χ0v) is 9.67. The second kappa shape index (κ2) is 5.13. The van der Waals surface area contributed by atoms with Crippen molar-refractivity contribution in [2.45, 2.75) is 31.4 Å². The Morgan fingerprint density at radius 3 is 3.06 bits per heavy atom. The van der Waals surface area contributed by atoms with Gasteiger partial charge in [0.05, 0.1) is 11.1 Å². The minimum atomic E-state index is -0.546. The second-order valence-electron chi connectivity index (χ2n) is 4.19. The van der Waals surface area contributed by atoms with E-state index in [0.29, 0.717) is 12.0 Å². The summed E-state index contributed by atoms with van der Waals surface area (Å²) in [6.07, 6.45) is 1.78. The van der Waals surface area contributed by atoms with Crippen molar-refractivity contribution >= 4 is 11.6 Å². The lowest BCUT2D eigenvalue weighted by atomic mass is 10.0. The maximum absolute atomic E-state index is 13.6. The van der Waals surface area contributed by atoms with E-state index in [4.69, 9.17) is 11.6 Å². The number of halogens is 2. The van der Waals surface area contributed by atoms with E-state index < -0.39 is 11.9 Å². The molecule has 1 heterocycles. The molecule has 1 aromatic rings. The first kappa shape index (κ1) is 11.8. The second-order valence-corrected chi connectivity index (χ2v) is 4.59. The van der Waals surface area contributed by atoms with Gasteiger partial charge in [0.25, 0.3) is 0 Å². The van der Waals surface area contributed by atoms with Crippen LogP contribution in [0.3, 0.4) is 0 Å². The lowest BCUT2D eigenvalue weighted by Gasteiger charge is -2.18. The van der Waals surface area contributed by atoms with E-state index in [2.05, 4.69) is 5.32 Å². The van der Waals surface area contributed by atoms with Crippen LogP contribution in [-0.2, 0) is 6.42 Å². The Hall–Kier alpha value is -0.640. The fourth-order valence-electron chi connectivity index (χ4n) is 2.11. The van der Waals surface area contributed by atoms with Crippen LogP contribution < -0.4 is 5.32 Å². The SMILES string of the molecule is OC(Cc1cccc(Cl)c1F)C1CCCN1. The van der Waals surface area contributed by atoms with Crippen LogP contribution in [0.2, 0.25) is 5.02 Å². The normalized spacial score (nSPS) is 22.3. The molecule has 0 amide bonds. The van der Waals surface area contributed by atoms with E-state index in [1.54, 1.807) is 12.1 Å². The van der Waals surface area contributed by atoms with Gasteiger partial charge in [-0.15, -0.1) is 0 Å². The number of rotatable bonds is 3. The maximum atomic E-state index is 13.6. The van der Waals surface area contributed by atoms with Crippen LogP contribution >= 0.6 is 11.6 Å². The summed E-state index contributed by atoms with van der Waals surface area (Å²) in [7, 11) is 0. The number of aliphatic hydroxyl groups is 1. The van der Waals surface area contributed by atoms with Gasteiger partial charge in [-0.2, -0.15) is 0 Å². The van der Waals surface area contributed by atoms with Crippen LogP contribution in [0.25, 0.3) is 0 Å². The van der Waals surface area contributed by atoms with Gasteiger partial charge in [-0.3, -0.25) is 0 Å². The molecule has 0 radical (unpaired) electrons. The molecule has 1 aliphatic rings. The van der Waals surface area contributed by atoms with Gasteiger partial charge in [0.2, 0.25) is 0 Å². The topological polar surface area (TPSA) is 32.3 Å². The molecule has 4 heteroatoms. The first-order chi connectivity index (χ1) is 7.68. The molecule has 1 aromatic carbocycles. The molecule has 2 N–H and O–H groups in total. The van der Waals surface area contributed by atoms with Gasteiger partial charge < -0.3 is 10.4 Å². The number of benzene rings is 1. The summed E-state index contributed by atoms with van der Waals surface area (Å²) in [5, 5.41) is 13.3. The molecule has 0 saturated carbocycles. The molecule has 0 bridgehead atoms. The highest BCUT2D eigenvalue weighted by Gasteiger charge is 2.23. The third kappa shape index (κ3) is 2.54. The fourth-order valence-corrected chi connectivity index (χ4v) is 2.31. The lowest BCUT2D eigenvalue weighted by Crippen LogP contribution is -2.36. The van der Waals surface area contributed by atoms with Crippen molar-refractivity contribution in [3.63, 3.8) is 0 Å². The zero-order chi connectivity index (χ0) is 11.5. The monoisotopic (exact) mass is 243 g/mol. The van der Waals surface area contributed by atoms with Crippen LogP contribution in [0, 0.1) is 5.82 Å². The van der Waals surface area contributed by atoms with Crippen LogP contribution in [-0.4, -0.2) is 23.8 Å². The summed E-state index contributed by atoms with van der Waals surface area (Å²) in [4.78, 5) is 0. The first-order valence-corrected chi connectivity index (χ1v) is 5.90. The highest BCUT2D eigenvalue weighted by molar-refractivity contribution is 6.30. The molecule has 1 fully saturated rings. The van der Waals surface area contributed by atoms with Crippen molar-refractivity contribution in [3.05, 3.63) is 34.6 Å². The molecular weight excluding hydrogens is 229 g/mol. The summed E-state index contributed by atoms with van der Waals surface area (Å²) >= 11 is 5.68. The van der Waals surface area contributed by atoms with Crippen LogP contribution in [0.1, 0.15) is 18.4 Å². The Bertz CT molecular complexity index is 366. The van der Waals surface area contributed by atoms with Crippen molar-refractivity contribution < 1.29 is 9.50 Å². The first-order valence-electron chi connectivity index (χ1n) is 5.53. The summed E-state index contributed by atoms with van der Waals surface area (Å²) in [5.41, 5.74) is 0.480. The Morgan fingerprint density at radius 1 is 1.56 bits per heavy atom. The minimum absolute atomic E-state index is 0.0818. The molecule has 1 aliphatic heterocycles. The molecule has 2 rings (SSSR count). The number of hydrogen-bond donors (Lipinski definition) is 2. The number of hydrogen-bond acceptors (Lipinski definition) is 2. The van der Waals surface area contributed by atoms with Crippen LogP contribution in [0.4, 0.5) is 4.39 Å². The standard InChI is InChI=1S/C12H15ClFNO/c13-9-4-1-3-8(12(9)14)7-11(16)10-5-2-6-15-10/h1,3-4,10-11,15-16H,2,5-7H2. The van der Waals surface area contributed by atoms with Crippen molar-refractivity contribution in [2.75, 3.05) is 6.54 Å². The lowest BCUT2D eigenvalue weighted by molar-refractivity contribution is 0.135. The molecule has 2 unspecified atom stereocenters. The maximum Gasteiger partial charge on any atom is 0.145 e. The summed E-state index contributed by atoms with van der Waals surface area (Å²) in [6.45, 7) is 0.930. The Morgan fingerprint density at radius 2 is 2.38 bits per heavy atom. The van der Waals surface area contributed by atoms with Gasteiger partial charge in [-0.05, 0) is 31.0 Å². The predicted molar refractivity (Wildman–Crippen MR) is 62.1 cm³/mol. The van der Waals surface area contributed by atoms with Gasteiger partial charge in [-0.1, -0.05) is 23.7 Å². The fraction of sp³-hybridized carbons (Fsp3) is 0.500. The third-order valence-electron chi connectivity index (χ3n) is 3.02. The molecular formula is C12H15ClFNO. The largest absolute Gasteiger partial charge is 0.391 e. The van der Waals surface area contributed by atoms with Gasteiger partial charge in [0.1, 0.15) is 5.82 Å². The highest BCUT2D eigenvalue weighted by Crippen LogP contribution is 2.21. The highest BCUT2D eigenvalue weighted by atomic mass is 35.5. The van der Waals surface area contributed by atoms with Crippen molar-refractivity contribution in [1.82, 2.24) is 5.32 Å². The van der Waals surface area contributed by atoms with E-state index in [-0.39, 0.29) is 11.1 Å². The molecule has 16 heavy (non-hydrogen) atoms. The van der Waals surface area contributed by atoms with Gasteiger partial charge in [-0.25, -0.2) is 4.39 Å². The number of nitrogens with one attached hydrogen (secondary N) is 1. The molecule has 88 valence electrons.